The maximum absolute atomic E-state index is 15.1. The van der Waals surface area contributed by atoms with Crippen LogP contribution in [0, 0.1) is 11.7 Å². The Bertz CT molecular complexity index is 1120. The molecule has 4 unspecified atom stereocenters. The van der Waals surface area contributed by atoms with Crippen LogP contribution < -0.4 is 0 Å². The molecule has 0 N–H and O–H groups in total. The van der Waals surface area contributed by atoms with Gasteiger partial charge in [0.25, 0.3) is 0 Å². The standard InChI is InChI=1S/C34H41F3O/c1-3-5-6-7-8-9-11-27-17-19-29(34(37)33(27)36)26-15-13-25(14-16-26)28-18-20-30(31(35)22-28)32-21-12-24(10-4-2)23-38-32/h4,10,13-20,22,24,32-34H,3,5-9,11-12,21,23H2,1-2H3/b10-4+. The summed E-state index contributed by atoms with van der Waals surface area (Å²) in [7, 11) is 0. The minimum atomic E-state index is -1.67. The summed E-state index contributed by atoms with van der Waals surface area (Å²) in [5.41, 5.74) is 3.75. The lowest BCUT2D eigenvalue weighted by atomic mass is 9.87. The number of ether oxygens (including phenoxy) is 1. The first-order chi connectivity index (χ1) is 18.5. The van der Waals surface area contributed by atoms with Crippen molar-refractivity contribution in [2.75, 3.05) is 6.61 Å². The average molecular weight is 523 g/mol. The second-order valence-corrected chi connectivity index (χ2v) is 10.7. The molecule has 1 aliphatic heterocycles. The molecule has 4 heteroatoms. The van der Waals surface area contributed by atoms with Gasteiger partial charge < -0.3 is 4.74 Å². The minimum Gasteiger partial charge on any atom is -0.373 e. The topological polar surface area (TPSA) is 9.23 Å². The van der Waals surface area contributed by atoms with E-state index in [-0.39, 0.29) is 11.9 Å². The zero-order valence-corrected chi connectivity index (χ0v) is 22.8. The quantitative estimate of drug-likeness (QED) is 0.211. The molecule has 2 aromatic rings. The van der Waals surface area contributed by atoms with Gasteiger partial charge in [-0.25, -0.2) is 13.2 Å². The Morgan fingerprint density at radius 2 is 1.55 bits per heavy atom. The molecule has 1 nitrogen and oxygen atoms in total. The van der Waals surface area contributed by atoms with E-state index in [0.717, 1.165) is 43.2 Å². The maximum Gasteiger partial charge on any atom is 0.161 e. The van der Waals surface area contributed by atoms with Crippen LogP contribution in [0.25, 0.3) is 16.7 Å². The van der Waals surface area contributed by atoms with Gasteiger partial charge in [-0.3, -0.25) is 0 Å². The number of rotatable bonds is 11. The minimum absolute atomic E-state index is 0.222. The molecule has 0 radical (unpaired) electrons. The van der Waals surface area contributed by atoms with E-state index in [1.54, 1.807) is 30.4 Å². The number of benzene rings is 2. The number of unbranched alkanes of at least 4 members (excludes halogenated alkanes) is 5. The molecule has 1 saturated heterocycles. The third kappa shape index (κ3) is 7.08. The molecular formula is C34H41F3O. The van der Waals surface area contributed by atoms with Crippen LogP contribution in [-0.2, 0) is 4.74 Å². The number of hydrogen-bond acceptors (Lipinski definition) is 1. The summed E-state index contributed by atoms with van der Waals surface area (Å²) in [6.07, 6.45) is 13.3. The van der Waals surface area contributed by atoms with E-state index < -0.39 is 12.3 Å². The van der Waals surface area contributed by atoms with Crippen molar-refractivity contribution in [2.45, 2.75) is 90.1 Å². The fourth-order valence-electron chi connectivity index (χ4n) is 5.58. The lowest BCUT2D eigenvalue weighted by molar-refractivity contribution is -0.00711. The van der Waals surface area contributed by atoms with Gasteiger partial charge in [0, 0.05) is 11.5 Å². The van der Waals surface area contributed by atoms with E-state index in [1.165, 1.54) is 19.3 Å². The molecule has 1 heterocycles. The predicted molar refractivity (Wildman–Crippen MR) is 152 cm³/mol. The van der Waals surface area contributed by atoms with Gasteiger partial charge in [0.1, 0.15) is 5.82 Å². The first-order valence-electron chi connectivity index (χ1n) is 14.3. The fraction of sp³-hybridized carbons (Fsp3) is 0.471. The second kappa shape index (κ2) is 14.0. The zero-order valence-electron chi connectivity index (χ0n) is 22.8. The highest BCUT2D eigenvalue weighted by Crippen LogP contribution is 2.36. The van der Waals surface area contributed by atoms with Crippen molar-refractivity contribution < 1.29 is 17.9 Å². The number of hydrogen-bond donors (Lipinski definition) is 0. The van der Waals surface area contributed by atoms with Gasteiger partial charge in [-0.15, -0.1) is 0 Å². The van der Waals surface area contributed by atoms with E-state index in [4.69, 9.17) is 4.74 Å². The molecule has 1 fully saturated rings. The Labute approximate surface area is 226 Å². The monoisotopic (exact) mass is 522 g/mol. The summed E-state index contributed by atoms with van der Waals surface area (Å²) in [4.78, 5) is 0. The van der Waals surface area contributed by atoms with E-state index in [2.05, 4.69) is 13.0 Å². The molecule has 0 bridgehead atoms. The Kier molecular flexibility index (Phi) is 10.5. The molecule has 4 atom stereocenters. The molecule has 4 rings (SSSR count). The SMILES string of the molecule is C/C=C/C1CCC(c2ccc(-c3ccc(C4=CC=C(CCCCCCCC)C(F)C4F)cc3)cc2F)OC1. The lowest BCUT2D eigenvalue weighted by Gasteiger charge is -2.28. The van der Waals surface area contributed by atoms with Gasteiger partial charge in [-0.2, -0.15) is 0 Å². The first-order valence-corrected chi connectivity index (χ1v) is 14.3. The number of halogens is 3. The van der Waals surface area contributed by atoms with Crippen LogP contribution in [0.5, 0.6) is 0 Å². The third-order valence-corrected chi connectivity index (χ3v) is 7.88. The van der Waals surface area contributed by atoms with Crippen molar-refractivity contribution in [1.29, 1.82) is 0 Å². The highest BCUT2D eigenvalue weighted by Gasteiger charge is 2.31. The van der Waals surface area contributed by atoms with Gasteiger partial charge in [0.15, 0.2) is 12.3 Å². The molecule has 0 amide bonds. The van der Waals surface area contributed by atoms with Gasteiger partial charge in [0.2, 0.25) is 0 Å². The van der Waals surface area contributed by atoms with Crippen LogP contribution in [0.15, 0.2) is 72.3 Å². The normalized spacial score (nSPS) is 23.9. The molecule has 0 spiro atoms. The van der Waals surface area contributed by atoms with E-state index in [9.17, 15) is 4.39 Å². The molecule has 0 aromatic heterocycles. The molecule has 2 aliphatic rings. The smallest absolute Gasteiger partial charge is 0.161 e. The Morgan fingerprint density at radius 3 is 2.24 bits per heavy atom. The van der Waals surface area contributed by atoms with Crippen molar-refractivity contribution in [3.63, 3.8) is 0 Å². The molecule has 0 saturated carbocycles. The molecule has 38 heavy (non-hydrogen) atoms. The molecular weight excluding hydrogens is 481 g/mol. The molecule has 2 aromatic carbocycles. The second-order valence-electron chi connectivity index (χ2n) is 10.7. The maximum atomic E-state index is 15.1. The summed E-state index contributed by atoms with van der Waals surface area (Å²) < 4.78 is 50.9. The highest BCUT2D eigenvalue weighted by molar-refractivity contribution is 5.75. The van der Waals surface area contributed by atoms with Crippen LogP contribution in [-0.4, -0.2) is 19.0 Å². The van der Waals surface area contributed by atoms with Gasteiger partial charge in [-0.1, -0.05) is 99.7 Å². The van der Waals surface area contributed by atoms with Crippen molar-refractivity contribution in [3.05, 3.63) is 89.3 Å². The Morgan fingerprint density at radius 1 is 0.842 bits per heavy atom. The van der Waals surface area contributed by atoms with Crippen LogP contribution in [0.2, 0.25) is 0 Å². The van der Waals surface area contributed by atoms with Crippen LogP contribution in [0.3, 0.4) is 0 Å². The first kappa shape index (κ1) is 28.4. The Balaban J connectivity index is 1.39. The van der Waals surface area contributed by atoms with Gasteiger partial charge in [0.05, 0.1) is 12.7 Å². The zero-order chi connectivity index (χ0) is 26.9. The average Bonchev–Trinajstić information content (AvgIpc) is 2.94. The van der Waals surface area contributed by atoms with Crippen LogP contribution in [0.1, 0.15) is 88.9 Å². The Hall–Kier alpha value is -2.59. The van der Waals surface area contributed by atoms with Gasteiger partial charge in [-0.05, 0) is 66.5 Å². The van der Waals surface area contributed by atoms with Crippen LogP contribution >= 0.6 is 0 Å². The molecule has 204 valence electrons. The van der Waals surface area contributed by atoms with Crippen molar-refractivity contribution in [2.24, 2.45) is 5.92 Å². The van der Waals surface area contributed by atoms with Crippen molar-refractivity contribution in [3.8, 4) is 11.1 Å². The number of allylic oxidation sites excluding steroid dienone is 5. The summed E-state index contributed by atoms with van der Waals surface area (Å²) in [6.45, 7) is 4.80. The van der Waals surface area contributed by atoms with Crippen molar-refractivity contribution in [1.82, 2.24) is 0 Å². The largest absolute Gasteiger partial charge is 0.373 e. The summed E-state index contributed by atoms with van der Waals surface area (Å²) in [6, 6.07) is 12.5. The van der Waals surface area contributed by atoms with E-state index >= 15 is 8.78 Å². The highest BCUT2D eigenvalue weighted by atomic mass is 19.2. The predicted octanol–water partition coefficient (Wildman–Crippen LogP) is 10.3. The van der Waals surface area contributed by atoms with Crippen molar-refractivity contribution >= 4 is 5.57 Å². The van der Waals surface area contributed by atoms with E-state index in [0.29, 0.717) is 41.2 Å². The van der Waals surface area contributed by atoms with Gasteiger partial charge >= 0.3 is 0 Å². The van der Waals surface area contributed by atoms with E-state index in [1.807, 2.05) is 37.3 Å². The molecule has 1 aliphatic carbocycles. The van der Waals surface area contributed by atoms with Crippen LogP contribution in [0.4, 0.5) is 13.2 Å². The lowest BCUT2D eigenvalue weighted by Crippen LogP contribution is -2.24. The number of alkyl halides is 2. The third-order valence-electron chi connectivity index (χ3n) is 7.88. The summed E-state index contributed by atoms with van der Waals surface area (Å²) in [5, 5.41) is 0. The fourth-order valence-corrected chi connectivity index (χ4v) is 5.58. The summed E-state index contributed by atoms with van der Waals surface area (Å²) >= 11 is 0. The summed E-state index contributed by atoms with van der Waals surface area (Å²) in [5.74, 6) is 0.124.